The molecule has 2 aromatic carbocycles. The number of nitrogens with zero attached hydrogens (tertiary/aromatic N) is 1. The summed E-state index contributed by atoms with van der Waals surface area (Å²) >= 11 is 3.39. The van der Waals surface area contributed by atoms with Gasteiger partial charge in [-0.15, -0.1) is 0 Å². The van der Waals surface area contributed by atoms with E-state index in [0.29, 0.717) is 18.8 Å². The third-order valence-corrected chi connectivity index (χ3v) is 5.39. The molecule has 2 amide bonds. The topological polar surface area (TPSA) is 88.1 Å². The zero-order valence-electron chi connectivity index (χ0n) is 16.7. The van der Waals surface area contributed by atoms with Gasteiger partial charge in [-0.3, -0.25) is 9.59 Å². The number of carbonyl (C=O) groups excluding carboxylic acids is 2. The number of benzene rings is 2. The van der Waals surface area contributed by atoms with Crippen molar-refractivity contribution in [2.45, 2.75) is 25.6 Å². The number of phenolic OH excluding ortho intramolecular Hbond substituents is 1. The van der Waals surface area contributed by atoms with E-state index in [2.05, 4.69) is 21.2 Å². The summed E-state index contributed by atoms with van der Waals surface area (Å²) in [6.45, 7) is 3.25. The van der Waals surface area contributed by atoms with Gasteiger partial charge in [0.25, 0.3) is 5.91 Å². The molecule has 1 aliphatic rings. The number of nitrogens with one attached hydrogen (secondary N) is 1. The van der Waals surface area contributed by atoms with E-state index in [4.69, 9.17) is 9.47 Å². The maximum atomic E-state index is 12.4. The normalized spacial score (nSPS) is 16.9. The Hall–Kier alpha value is -2.58. The first-order chi connectivity index (χ1) is 14.4. The molecule has 0 radical (unpaired) electrons. The van der Waals surface area contributed by atoms with Crippen molar-refractivity contribution in [3.63, 3.8) is 0 Å². The van der Waals surface area contributed by atoms with Crippen LogP contribution in [0.2, 0.25) is 0 Å². The predicted octanol–water partition coefficient (Wildman–Crippen LogP) is 2.97. The lowest BCUT2D eigenvalue weighted by molar-refractivity contribution is -0.128. The zero-order chi connectivity index (χ0) is 21.5. The number of para-hydroxylation sites is 1. The molecular formula is C22H25BrN2O5. The number of rotatable bonds is 8. The second-order valence-corrected chi connectivity index (χ2v) is 8.05. The Labute approximate surface area is 184 Å². The molecule has 1 saturated heterocycles. The van der Waals surface area contributed by atoms with Gasteiger partial charge < -0.3 is 24.8 Å². The molecule has 3 rings (SSSR count). The first-order valence-electron chi connectivity index (χ1n) is 9.78. The highest BCUT2D eigenvalue weighted by Gasteiger charge is 2.26. The number of hydrogen-bond acceptors (Lipinski definition) is 5. The van der Waals surface area contributed by atoms with E-state index in [0.717, 1.165) is 10.9 Å². The van der Waals surface area contributed by atoms with E-state index in [1.165, 1.54) is 6.07 Å². The van der Waals surface area contributed by atoms with E-state index in [9.17, 15) is 14.7 Å². The lowest BCUT2D eigenvalue weighted by Gasteiger charge is -2.22. The average molecular weight is 477 g/mol. The van der Waals surface area contributed by atoms with Crippen LogP contribution in [0.4, 0.5) is 0 Å². The summed E-state index contributed by atoms with van der Waals surface area (Å²) in [7, 11) is 0. The minimum Gasteiger partial charge on any atom is -0.507 e. The lowest BCUT2D eigenvalue weighted by atomic mass is 10.2. The van der Waals surface area contributed by atoms with Crippen LogP contribution < -0.4 is 10.1 Å². The van der Waals surface area contributed by atoms with E-state index >= 15 is 0 Å². The number of carbonyl (C=O) groups is 2. The molecule has 1 aliphatic heterocycles. The van der Waals surface area contributed by atoms with Gasteiger partial charge in [0.1, 0.15) is 17.6 Å². The van der Waals surface area contributed by atoms with Crippen LogP contribution in [0.1, 0.15) is 23.7 Å². The number of ether oxygens (including phenoxy) is 2. The lowest BCUT2D eigenvalue weighted by Crippen LogP contribution is -2.39. The highest BCUT2D eigenvalue weighted by molar-refractivity contribution is 9.10. The van der Waals surface area contributed by atoms with Gasteiger partial charge in [-0.05, 0) is 42.8 Å². The summed E-state index contributed by atoms with van der Waals surface area (Å²) in [4.78, 5) is 25.7. The van der Waals surface area contributed by atoms with Crippen LogP contribution >= 0.6 is 15.9 Å². The zero-order valence-corrected chi connectivity index (χ0v) is 18.3. The van der Waals surface area contributed by atoms with E-state index in [1.54, 1.807) is 30.0 Å². The third-order valence-electron chi connectivity index (χ3n) is 4.86. The number of aromatic hydroxyl groups is 1. The van der Waals surface area contributed by atoms with Crippen molar-refractivity contribution in [3.05, 3.63) is 58.6 Å². The molecule has 0 bridgehead atoms. The Morgan fingerprint density at radius 2 is 1.97 bits per heavy atom. The standard InChI is InChI=1S/C22H25BrN2O5/c1-15(26)25-11-10-18(13-25)29-14-19(30-17-8-6-16(23)7-9-17)12-24-22(28)20-4-2-3-5-21(20)27/h2-9,18-19,27H,10-14H2,1H3,(H,24,28)/t18-,19-/m0/s1. The largest absolute Gasteiger partial charge is 0.507 e. The molecule has 8 heteroatoms. The van der Waals surface area contributed by atoms with Crippen molar-refractivity contribution < 1.29 is 24.2 Å². The fraction of sp³-hybridized carbons (Fsp3) is 0.364. The Balaban J connectivity index is 1.60. The van der Waals surface area contributed by atoms with Crippen molar-refractivity contribution in [2.24, 2.45) is 0 Å². The van der Waals surface area contributed by atoms with Crippen LogP contribution in [0.5, 0.6) is 11.5 Å². The van der Waals surface area contributed by atoms with Crippen LogP contribution in [0.25, 0.3) is 0 Å². The molecule has 2 atom stereocenters. The number of halogens is 1. The fourth-order valence-corrected chi connectivity index (χ4v) is 3.47. The number of hydrogen-bond donors (Lipinski definition) is 2. The van der Waals surface area contributed by atoms with Gasteiger partial charge >= 0.3 is 0 Å². The molecule has 1 heterocycles. The summed E-state index contributed by atoms with van der Waals surface area (Å²) in [6, 6.07) is 13.8. The van der Waals surface area contributed by atoms with Gasteiger partial charge in [-0.1, -0.05) is 28.1 Å². The maximum Gasteiger partial charge on any atom is 0.255 e. The van der Waals surface area contributed by atoms with Crippen LogP contribution in [0.15, 0.2) is 53.0 Å². The maximum absolute atomic E-state index is 12.4. The van der Waals surface area contributed by atoms with Crippen LogP contribution in [0.3, 0.4) is 0 Å². The first-order valence-corrected chi connectivity index (χ1v) is 10.6. The molecule has 2 N–H and O–H groups in total. The highest BCUT2D eigenvalue weighted by Crippen LogP contribution is 2.19. The molecule has 0 spiro atoms. The minimum atomic E-state index is -0.438. The number of phenols is 1. The van der Waals surface area contributed by atoms with Crippen LogP contribution in [-0.2, 0) is 9.53 Å². The van der Waals surface area contributed by atoms with Gasteiger partial charge in [0.15, 0.2) is 0 Å². The fourth-order valence-electron chi connectivity index (χ4n) is 3.20. The van der Waals surface area contributed by atoms with Crippen LogP contribution in [0, 0.1) is 0 Å². The minimum absolute atomic E-state index is 0.0405. The summed E-state index contributed by atoms with van der Waals surface area (Å²) < 4.78 is 12.9. The molecule has 30 heavy (non-hydrogen) atoms. The van der Waals surface area contributed by atoms with Gasteiger partial charge in [-0.25, -0.2) is 0 Å². The Morgan fingerprint density at radius 3 is 2.63 bits per heavy atom. The summed E-state index contributed by atoms with van der Waals surface area (Å²) in [5, 5.41) is 12.7. The molecule has 0 saturated carbocycles. The summed E-state index contributed by atoms with van der Waals surface area (Å²) in [5.74, 6) is 0.229. The molecule has 0 unspecified atom stereocenters. The van der Waals surface area contributed by atoms with Gasteiger partial charge in [0.2, 0.25) is 5.91 Å². The highest BCUT2D eigenvalue weighted by atomic mass is 79.9. The Bertz CT molecular complexity index is 874. The predicted molar refractivity (Wildman–Crippen MR) is 116 cm³/mol. The van der Waals surface area contributed by atoms with Crippen LogP contribution in [-0.4, -0.2) is 60.3 Å². The molecule has 0 aromatic heterocycles. The van der Waals surface area contributed by atoms with E-state index in [-0.39, 0.29) is 42.4 Å². The SMILES string of the molecule is CC(=O)N1CC[C@H](OC[C@H](CNC(=O)c2ccccc2O)Oc2ccc(Br)cc2)C1. The van der Waals surface area contributed by atoms with E-state index in [1.807, 2.05) is 24.3 Å². The quantitative estimate of drug-likeness (QED) is 0.611. The third kappa shape index (κ3) is 6.21. The molecule has 2 aromatic rings. The van der Waals surface area contributed by atoms with Crippen molar-refractivity contribution >= 4 is 27.7 Å². The number of amides is 2. The summed E-state index contributed by atoms with van der Waals surface area (Å²) in [5.41, 5.74) is 0.203. The molecule has 0 aliphatic carbocycles. The number of likely N-dealkylation sites (tertiary alicyclic amines) is 1. The smallest absolute Gasteiger partial charge is 0.255 e. The van der Waals surface area contributed by atoms with Crippen molar-refractivity contribution in [1.29, 1.82) is 0 Å². The van der Waals surface area contributed by atoms with Gasteiger partial charge in [-0.2, -0.15) is 0 Å². The second-order valence-electron chi connectivity index (χ2n) is 7.13. The van der Waals surface area contributed by atoms with Crippen molar-refractivity contribution in [3.8, 4) is 11.5 Å². The molecule has 160 valence electrons. The Morgan fingerprint density at radius 1 is 1.23 bits per heavy atom. The second kappa shape index (κ2) is 10.4. The molecule has 7 nitrogen and oxygen atoms in total. The Kier molecular flexibility index (Phi) is 7.70. The van der Waals surface area contributed by atoms with Crippen molar-refractivity contribution in [1.82, 2.24) is 10.2 Å². The molecule has 1 fully saturated rings. The average Bonchev–Trinajstić information content (AvgIpc) is 3.21. The monoisotopic (exact) mass is 476 g/mol. The first kappa shape index (κ1) is 22.1. The van der Waals surface area contributed by atoms with Gasteiger partial charge in [0, 0.05) is 24.5 Å². The summed E-state index contributed by atoms with van der Waals surface area (Å²) in [6.07, 6.45) is 0.278. The van der Waals surface area contributed by atoms with Gasteiger partial charge in [0.05, 0.1) is 24.8 Å². The van der Waals surface area contributed by atoms with E-state index < -0.39 is 6.10 Å². The van der Waals surface area contributed by atoms with Crippen molar-refractivity contribution in [2.75, 3.05) is 26.2 Å². The molecular weight excluding hydrogens is 452 g/mol.